The van der Waals surface area contributed by atoms with Gasteiger partial charge in [0, 0.05) is 22.9 Å². The third-order valence-corrected chi connectivity index (χ3v) is 4.26. The number of alkyl halides is 1. The zero-order valence-electron chi connectivity index (χ0n) is 10.6. The first-order valence-corrected chi connectivity index (χ1v) is 7.81. The van der Waals surface area contributed by atoms with Gasteiger partial charge in [-0.05, 0) is 43.9 Å². The molecule has 0 aliphatic heterocycles. The van der Waals surface area contributed by atoms with E-state index in [1.165, 1.54) is 12.5 Å². The quantitative estimate of drug-likeness (QED) is 0.824. The van der Waals surface area contributed by atoms with Crippen molar-refractivity contribution in [3.63, 3.8) is 0 Å². The molecule has 0 atom stereocenters. The Kier molecular flexibility index (Phi) is 5.11. The van der Waals surface area contributed by atoms with Gasteiger partial charge >= 0.3 is 0 Å². The molecule has 1 aliphatic carbocycles. The summed E-state index contributed by atoms with van der Waals surface area (Å²) in [6.45, 7) is 0.652. The molecule has 1 amide bonds. The third kappa shape index (κ3) is 3.42. The van der Waals surface area contributed by atoms with Gasteiger partial charge in [0.15, 0.2) is 0 Å². The maximum absolute atomic E-state index is 12.6. The first-order valence-electron chi connectivity index (χ1n) is 6.49. The maximum Gasteiger partial charge on any atom is 0.257 e. The van der Waals surface area contributed by atoms with Crippen LogP contribution in [-0.4, -0.2) is 34.4 Å². The van der Waals surface area contributed by atoms with Crippen molar-refractivity contribution in [3.05, 3.63) is 28.2 Å². The molecule has 5 heteroatoms. The van der Waals surface area contributed by atoms with Crippen molar-refractivity contribution in [3.8, 4) is 5.75 Å². The molecular formula is C14H17BrClNO2. The monoisotopic (exact) mass is 345 g/mol. The average molecular weight is 347 g/mol. The van der Waals surface area contributed by atoms with E-state index >= 15 is 0 Å². The van der Waals surface area contributed by atoms with Gasteiger partial charge in [-0.25, -0.2) is 0 Å². The molecule has 0 bridgehead atoms. The van der Waals surface area contributed by atoms with Gasteiger partial charge in [-0.1, -0.05) is 15.9 Å². The van der Waals surface area contributed by atoms with Crippen LogP contribution in [0, 0.1) is 0 Å². The molecule has 19 heavy (non-hydrogen) atoms. The van der Waals surface area contributed by atoms with Crippen LogP contribution in [0.15, 0.2) is 22.7 Å². The number of hydrogen-bond donors (Lipinski definition) is 1. The van der Waals surface area contributed by atoms with Gasteiger partial charge in [-0.15, -0.1) is 11.6 Å². The number of rotatable bonds is 5. The van der Waals surface area contributed by atoms with Gasteiger partial charge in [0.1, 0.15) is 5.75 Å². The van der Waals surface area contributed by atoms with Crippen molar-refractivity contribution >= 4 is 33.4 Å². The number of benzene rings is 1. The number of aromatic hydroxyl groups is 1. The molecule has 0 aromatic heterocycles. The Labute approximate surface area is 126 Å². The summed E-state index contributed by atoms with van der Waals surface area (Å²) in [7, 11) is 0. The van der Waals surface area contributed by atoms with Gasteiger partial charge in [0.2, 0.25) is 0 Å². The van der Waals surface area contributed by atoms with E-state index in [2.05, 4.69) is 15.9 Å². The number of amides is 1. The number of carbonyl (C=O) groups is 1. The summed E-state index contributed by atoms with van der Waals surface area (Å²) in [5.74, 6) is 0.470. The first-order chi connectivity index (χ1) is 9.13. The van der Waals surface area contributed by atoms with Crippen molar-refractivity contribution in [2.75, 3.05) is 12.4 Å². The van der Waals surface area contributed by atoms with Crippen LogP contribution in [0.2, 0.25) is 0 Å². The predicted molar refractivity (Wildman–Crippen MR) is 79.8 cm³/mol. The van der Waals surface area contributed by atoms with Crippen LogP contribution in [0.3, 0.4) is 0 Å². The third-order valence-electron chi connectivity index (χ3n) is 3.50. The van der Waals surface area contributed by atoms with Gasteiger partial charge in [-0.3, -0.25) is 4.79 Å². The van der Waals surface area contributed by atoms with E-state index in [-0.39, 0.29) is 11.7 Å². The molecule has 0 radical (unpaired) electrons. The minimum Gasteiger partial charge on any atom is -0.507 e. The summed E-state index contributed by atoms with van der Waals surface area (Å²) in [5, 5.41) is 9.86. The summed E-state index contributed by atoms with van der Waals surface area (Å²) in [5.41, 5.74) is 0.357. The molecule has 1 N–H and O–H groups in total. The number of carbonyl (C=O) groups excluding carboxylic acids is 1. The Bertz CT molecular complexity index is 463. The highest BCUT2D eigenvalue weighted by atomic mass is 79.9. The van der Waals surface area contributed by atoms with Crippen molar-refractivity contribution in [2.45, 2.75) is 31.7 Å². The zero-order chi connectivity index (χ0) is 13.8. The number of nitrogens with zero attached hydrogens (tertiary/aromatic N) is 1. The second-order valence-corrected chi connectivity index (χ2v) is 6.08. The fourth-order valence-electron chi connectivity index (χ4n) is 2.21. The molecular weight excluding hydrogens is 330 g/mol. The molecule has 1 aromatic rings. The predicted octanol–water partition coefficient (Wildman–Crippen LogP) is 3.78. The highest BCUT2D eigenvalue weighted by Gasteiger charge is 2.30. The fourth-order valence-corrected chi connectivity index (χ4v) is 2.69. The van der Waals surface area contributed by atoms with Gasteiger partial charge in [0.05, 0.1) is 5.56 Å². The second-order valence-electron chi connectivity index (χ2n) is 4.79. The molecule has 0 spiro atoms. The van der Waals surface area contributed by atoms with Gasteiger partial charge < -0.3 is 10.0 Å². The normalized spacial score (nSPS) is 15.1. The summed E-state index contributed by atoms with van der Waals surface area (Å²) >= 11 is 9.06. The van der Waals surface area contributed by atoms with Crippen molar-refractivity contribution < 1.29 is 9.90 Å². The van der Waals surface area contributed by atoms with Crippen molar-refractivity contribution in [2.24, 2.45) is 0 Å². The number of hydrogen-bond acceptors (Lipinski definition) is 2. The SMILES string of the molecule is O=C(c1cc(Br)ccc1O)N(CCCCl)C1CCC1. The summed E-state index contributed by atoms with van der Waals surface area (Å²) in [4.78, 5) is 14.4. The van der Waals surface area contributed by atoms with Gasteiger partial charge in [0.25, 0.3) is 5.91 Å². The highest BCUT2D eigenvalue weighted by molar-refractivity contribution is 9.10. The summed E-state index contributed by atoms with van der Waals surface area (Å²) in [6, 6.07) is 5.23. The molecule has 1 fully saturated rings. The molecule has 1 aromatic carbocycles. The van der Waals surface area contributed by atoms with E-state index in [4.69, 9.17) is 11.6 Å². The van der Waals surface area contributed by atoms with Gasteiger partial charge in [-0.2, -0.15) is 0 Å². The lowest BCUT2D eigenvalue weighted by molar-refractivity contribution is 0.0577. The number of phenolic OH excluding ortho intramolecular Hbond substituents is 1. The summed E-state index contributed by atoms with van der Waals surface area (Å²) < 4.78 is 0.791. The minimum absolute atomic E-state index is 0.0309. The Hall–Kier alpha value is -0.740. The Morgan fingerprint density at radius 2 is 2.21 bits per heavy atom. The van der Waals surface area contributed by atoms with Crippen LogP contribution in [0.1, 0.15) is 36.0 Å². The highest BCUT2D eigenvalue weighted by Crippen LogP contribution is 2.29. The standard InChI is InChI=1S/C14H17BrClNO2/c15-10-5-6-13(18)12(9-10)14(19)17(8-2-7-16)11-3-1-4-11/h5-6,9,11,18H,1-4,7-8H2. The van der Waals surface area contributed by atoms with E-state index < -0.39 is 0 Å². The zero-order valence-corrected chi connectivity index (χ0v) is 13.0. The molecule has 104 valence electrons. The molecule has 0 unspecified atom stereocenters. The molecule has 1 aliphatic rings. The Morgan fingerprint density at radius 3 is 2.79 bits per heavy atom. The average Bonchev–Trinajstić information content (AvgIpc) is 2.34. The number of phenols is 1. The van der Waals surface area contributed by atoms with Crippen LogP contribution in [0.4, 0.5) is 0 Å². The van der Waals surface area contributed by atoms with E-state index in [0.717, 1.165) is 23.7 Å². The van der Waals surface area contributed by atoms with E-state index in [1.807, 2.05) is 4.90 Å². The van der Waals surface area contributed by atoms with E-state index in [9.17, 15) is 9.90 Å². The van der Waals surface area contributed by atoms with Crippen LogP contribution < -0.4 is 0 Å². The lowest BCUT2D eigenvalue weighted by Gasteiger charge is -2.37. The Balaban J connectivity index is 2.19. The molecule has 1 saturated carbocycles. The van der Waals surface area contributed by atoms with E-state index in [0.29, 0.717) is 24.0 Å². The number of halogens is 2. The topological polar surface area (TPSA) is 40.5 Å². The van der Waals surface area contributed by atoms with Crippen LogP contribution in [-0.2, 0) is 0 Å². The lowest BCUT2D eigenvalue weighted by Crippen LogP contribution is -2.44. The lowest BCUT2D eigenvalue weighted by atomic mass is 9.90. The Morgan fingerprint density at radius 1 is 1.47 bits per heavy atom. The molecule has 0 heterocycles. The maximum atomic E-state index is 12.6. The van der Waals surface area contributed by atoms with Crippen molar-refractivity contribution in [1.82, 2.24) is 4.90 Å². The summed E-state index contributed by atoms with van der Waals surface area (Å²) in [6.07, 6.45) is 4.03. The first kappa shape index (κ1) is 14.7. The molecule has 3 nitrogen and oxygen atoms in total. The second kappa shape index (κ2) is 6.62. The minimum atomic E-state index is -0.103. The van der Waals surface area contributed by atoms with Crippen LogP contribution in [0.25, 0.3) is 0 Å². The smallest absolute Gasteiger partial charge is 0.257 e. The van der Waals surface area contributed by atoms with E-state index in [1.54, 1.807) is 12.1 Å². The molecule has 2 rings (SSSR count). The van der Waals surface area contributed by atoms with Crippen LogP contribution in [0.5, 0.6) is 5.75 Å². The van der Waals surface area contributed by atoms with Crippen molar-refractivity contribution in [1.29, 1.82) is 0 Å². The van der Waals surface area contributed by atoms with Crippen LogP contribution >= 0.6 is 27.5 Å². The largest absolute Gasteiger partial charge is 0.507 e. The fraction of sp³-hybridized carbons (Fsp3) is 0.500. The molecule has 0 saturated heterocycles.